The molecule has 1 rings (SSSR count). The Morgan fingerprint density at radius 1 is 1.27 bits per heavy atom. The number of aliphatic hydroxyl groups excluding tert-OH is 1. The summed E-state index contributed by atoms with van der Waals surface area (Å²) in [5, 5.41) is 16.1. The van der Waals surface area contributed by atoms with Crippen LogP contribution in [0, 0.1) is 0 Å². The number of aliphatic hydroxyl groups is 1. The second-order valence-corrected chi connectivity index (χ2v) is 8.03. The van der Waals surface area contributed by atoms with E-state index in [0.717, 1.165) is 37.1 Å². The Morgan fingerprint density at radius 3 is 2.32 bits per heavy atom. The molecule has 3 N–H and O–H groups in total. The summed E-state index contributed by atoms with van der Waals surface area (Å²) < 4.78 is 5.29. The van der Waals surface area contributed by atoms with Gasteiger partial charge in [-0.2, -0.15) is 11.8 Å². The summed E-state index contributed by atoms with van der Waals surface area (Å²) in [7, 11) is 1.83. The zero-order valence-electron chi connectivity index (χ0n) is 14.4. The molecule has 6 heteroatoms. The highest BCUT2D eigenvalue weighted by molar-refractivity contribution is 8.00. The van der Waals surface area contributed by atoms with Crippen LogP contribution in [0.3, 0.4) is 0 Å². The van der Waals surface area contributed by atoms with Gasteiger partial charge in [0.15, 0.2) is 0 Å². The van der Waals surface area contributed by atoms with Crippen molar-refractivity contribution in [1.82, 2.24) is 10.6 Å². The van der Waals surface area contributed by atoms with E-state index in [1.165, 1.54) is 0 Å². The van der Waals surface area contributed by atoms with Crippen LogP contribution in [0.2, 0.25) is 0 Å². The highest BCUT2D eigenvalue weighted by Crippen LogP contribution is 2.29. The predicted molar refractivity (Wildman–Crippen MR) is 92.3 cm³/mol. The number of amides is 1. The van der Waals surface area contributed by atoms with Gasteiger partial charge in [0.05, 0.1) is 5.70 Å². The molecule has 5 nitrogen and oxygen atoms in total. The third-order valence-corrected chi connectivity index (χ3v) is 5.00. The van der Waals surface area contributed by atoms with Crippen molar-refractivity contribution >= 4 is 17.9 Å². The Hall–Kier alpha value is -1.04. The molecule has 0 saturated heterocycles. The summed E-state index contributed by atoms with van der Waals surface area (Å²) in [4.78, 5) is 11.8. The Kier molecular flexibility index (Phi) is 7.39. The molecule has 22 heavy (non-hydrogen) atoms. The molecule has 0 unspecified atom stereocenters. The van der Waals surface area contributed by atoms with Crippen molar-refractivity contribution in [2.24, 2.45) is 0 Å². The fraction of sp³-hybridized carbons (Fsp3) is 0.812. The number of nitrogens with one attached hydrogen (secondary N) is 2. The first-order valence-corrected chi connectivity index (χ1v) is 8.93. The van der Waals surface area contributed by atoms with Crippen LogP contribution in [-0.4, -0.2) is 40.9 Å². The standard InChI is InChI=1S/C16H30N2O3S/c1-11(19)14(17-5)10-22-13-8-6-12(7-9-13)18-15(20)21-16(2,3)4/h12-13,17,19H,6-10H2,1-5H3,(H,18,20)/b14-11-. The van der Waals surface area contributed by atoms with E-state index < -0.39 is 5.60 Å². The van der Waals surface area contributed by atoms with Gasteiger partial charge >= 0.3 is 6.09 Å². The van der Waals surface area contributed by atoms with Crippen LogP contribution in [0.5, 0.6) is 0 Å². The maximum Gasteiger partial charge on any atom is 0.407 e. The lowest BCUT2D eigenvalue weighted by Gasteiger charge is -2.30. The summed E-state index contributed by atoms with van der Waals surface area (Å²) in [6.07, 6.45) is 3.79. The maximum absolute atomic E-state index is 11.8. The second-order valence-electron chi connectivity index (χ2n) is 6.74. The fourth-order valence-corrected chi connectivity index (χ4v) is 3.77. The molecule has 1 amide bonds. The quantitative estimate of drug-likeness (QED) is 0.672. The lowest BCUT2D eigenvalue weighted by atomic mass is 9.95. The molecule has 128 valence electrons. The number of rotatable bonds is 5. The van der Waals surface area contributed by atoms with Crippen molar-refractivity contribution in [3.8, 4) is 0 Å². The minimum absolute atomic E-state index is 0.214. The van der Waals surface area contributed by atoms with Crippen molar-refractivity contribution in [2.75, 3.05) is 12.8 Å². The molecule has 0 atom stereocenters. The summed E-state index contributed by atoms with van der Waals surface area (Å²) in [5.74, 6) is 1.16. The average Bonchev–Trinajstić information content (AvgIpc) is 2.38. The second kappa shape index (κ2) is 8.56. The van der Waals surface area contributed by atoms with Gasteiger partial charge in [-0.15, -0.1) is 0 Å². The van der Waals surface area contributed by atoms with Crippen LogP contribution in [0.25, 0.3) is 0 Å². The van der Waals surface area contributed by atoms with Gasteiger partial charge in [0.25, 0.3) is 0 Å². The molecule has 1 aliphatic carbocycles. The van der Waals surface area contributed by atoms with Crippen LogP contribution < -0.4 is 10.6 Å². The molecule has 0 aromatic heterocycles. The first kappa shape index (κ1) is 19.0. The summed E-state index contributed by atoms with van der Waals surface area (Å²) in [6, 6.07) is 0.214. The van der Waals surface area contributed by atoms with E-state index in [1.807, 2.05) is 39.6 Å². The van der Waals surface area contributed by atoms with Gasteiger partial charge in [-0.3, -0.25) is 0 Å². The molecular weight excluding hydrogens is 300 g/mol. The monoisotopic (exact) mass is 330 g/mol. The van der Waals surface area contributed by atoms with Gasteiger partial charge in [0, 0.05) is 24.1 Å². The number of alkyl carbamates (subject to hydrolysis) is 1. The van der Waals surface area contributed by atoms with Gasteiger partial charge in [-0.1, -0.05) is 0 Å². The smallest absolute Gasteiger partial charge is 0.407 e. The zero-order chi connectivity index (χ0) is 16.8. The van der Waals surface area contributed by atoms with Gasteiger partial charge in [-0.25, -0.2) is 4.79 Å². The number of thioether (sulfide) groups is 1. The number of carbonyl (C=O) groups excluding carboxylic acids is 1. The molecule has 1 fully saturated rings. The first-order chi connectivity index (χ1) is 10.2. The Labute approximate surface area is 138 Å². The van der Waals surface area contributed by atoms with Gasteiger partial charge in [0.2, 0.25) is 0 Å². The summed E-state index contributed by atoms with van der Waals surface area (Å²) in [6.45, 7) is 7.32. The third-order valence-electron chi connectivity index (χ3n) is 3.60. The molecular formula is C16H30N2O3S. The molecule has 0 aliphatic heterocycles. The van der Waals surface area contributed by atoms with E-state index in [2.05, 4.69) is 10.6 Å². The zero-order valence-corrected chi connectivity index (χ0v) is 15.2. The number of ether oxygens (including phenoxy) is 1. The molecule has 0 aromatic carbocycles. The minimum Gasteiger partial charge on any atom is -0.511 e. The topological polar surface area (TPSA) is 70.6 Å². The third kappa shape index (κ3) is 7.29. The van der Waals surface area contributed by atoms with E-state index in [4.69, 9.17) is 4.74 Å². The van der Waals surface area contributed by atoms with E-state index in [-0.39, 0.29) is 12.1 Å². The van der Waals surface area contributed by atoms with Crippen LogP contribution >= 0.6 is 11.8 Å². The Morgan fingerprint density at radius 2 is 1.86 bits per heavy atom. The Balaban J connectivity index is 2.29. The van der Waals surface area contributed by atoms with E-state index >= 15 is 0 Å². The first-order valence-electron chi connectivity index (χ1n) is 7.89. The largest absolute Gasteiger partial charge is 0.511 e. The molecule has 1 saturated carbocycles. The van der Waals surface area contributed by atoms with Crippen molar-refractivity contribution < 1.29 is 14.6 Å². The number of allylic oxidation sites excluding steroid dienone is 1. The Bertz CT molecular complexity index is 393. The minimum atomic E-state index is -0.449. The number of hydrogen-bond donors (Lipinski definition) is 3. The fourth-order valence-electron chi connectivity index (χ4n) is 2.41. The van der Waals surface area contributed by atoms with Crippen molar-refractivity contribution in [3.63, 3.8) is 0 Å². The molecule has 0 radical (unpaired) electrons. The van der Waals surface area contributed by atoms with Gasteiger partial charge in [0.1, 0.15) is 11.4 Å². The van der Waals surface area contributed by atoms with Crippen molar-refractivity contribution in [1.29, 1.82) is 0 Å². The predicted octanol–water partition coefficient (Wildman–Crippen LogP) is 3.56. The van der Waals surface area contributed by atoms with Gasteiger partial charge < -0.3 is 20.5 Å². The average molecular weight is 330 g/mol. The highest BCUT2D eigenvalue weighted by Gasteiger charge is 2.25. The summed E-state index contributed by atoms with van der Waals surface area (Å²) >= 11 is 1.86. The number of hydrogen-bond acceptors (Lipinski definition) is 5. The maximum atomic E-state index is 11.8. The van der Waals surface area contributed by atoms with Crippen molar-refractivity contribution in [3.05, 3.63) is 11.5 Å². The van der Waals surface area contributed by atoms with E-state index in [1.54, 1.807) is 6.92 Å². The number of carbonyl (C=O) groups is 1. The van der Waals surface area contributed by atoms with Crippen LogP contribution in [0.15, 0.2) is 11.5 Å². The van der Waals surface area contributed by atoms with Gasteiger partial charge in [-0.05, 0) is 53.4 Å². The van der Waals surface area contributed by atoms with Crippen LogP contribution in [0.4, 0.5) is 4.79 Å². The normalized spacial score (nSPS) is 23.5. The molecule has 0 spiro atoms. The molecule has 0 aromatic rings. The SMILES string of the molecule is CN/C(CSC1CCC(NC(=O)OC(C)(C)C)CC1)=C(/C)O. The lowest BCUT2D eigenvalue weighted by molar-refractivity contribution is 0.0493. The molecule has 0 bridgehead atoms. The van der Waals surface area contributed by atoms with E-state index in [9.17, 15) is 9.90 Å². The molecule has 1 aliphatic rings. The summed E-state index contributed by atoms with van der Waals surface area (Å²) in [5.41, 5.74) is 0.439. The molecule has 0 heterocycles. The van der Waals surface area contributed by atoms with E-state index in [0.29, 0.717) is 11.0 Å². The lowest BCUT2D eigenvalue weighted by Crippen LogP contribution is -2.41. The highest BCUT2D eigenvalue weighted by atomic mass is 32.2. The van der Waals surface area contributed by atoms with Crippen molar-refractivity contribution in [2.45, 2.75) is 70.3 Å². The van der Waals surface area contributed by atoms with Crippen LogP contribution in [-0.2, 0) is 4.74 Å². The van der Waals surface area contributed by atoms with Crippen LogP contribution in [0.1, 0.15) is 53.4 Å².